The molecule has 0 unspecified atom stereocenters. The number of aliphatic hydroxyl groups excluding tert-OH is 1. The maximum atomic E-state index is 12.4. The van der Waals surface area contributed by atoms with Crippen LogP contribution < -0.4 is 5.73 Å². The van der Waals surface area contributed by atoms with Gasteiger partial charge in [-0.15, -0.1) is 0 Å². The summed E-state index contributed by atoms with van der Waals surface area (Å²) >= 11 is 0. The standard InChI is InChI=1S/C14H26N4O2/c1-3-5-6-7-8-17(9-10-19)14(20)13-12(15)11-18(4-2)16-13/h11,19H,3-10,15H2,1-2H3. The average Bonchev–Trinajstić information content (AvgIpc) is 2.83. The molecule has 20 heavy (non-hydrogen) atoms. The summed E-state index contributed by atoms with van der Waals surface area (Å²) in [6.07, 6.45) is 6.01. The summed E-state index contributed by atoms with van der Waals surface area (Å²) in [7, 11) is 0. The van der Waals surface area contributed by atoms with Crippen LogP contribution in [0.15, 0.2) is 6.20 Å². The van der Waals surface area contributed by atoms with Crippen molar-refractivity contribution in [3.05, 3.63) is 11.9 Å². The first-order valence-electron chi connectivity index (χ1n) is 7.37. The quantitative estimate of drug-likeness (QED) is 0.672. The Labute approximate surface area is 120 Å². The van der Waals surface area contributed by atoms with Crippen LogP contribution in [0, 0.1) is 0 Å². The molecule has 3 N–H and O–H groups in total. The number of carbonyl (C=O) groups is 1. The molecule has 0 fully saturated rings. The summed E-state index contributed by atoms with van der Waals surface area (Å²) in [5.74, 6) is -0.194. The van der Waals surface area contributed by atoms with Crippen molar-refractivity contribution >= 4 is 11.6 Å². The zero-order chi connectivity index (χ0) is 15.0. The van der Waals surface area contributed by atoms with E-state index in [1.807, 2.05) is 6.92 Å². The molecule has 1 heterocycles. The Kier molecular flexibility index (Phi) is 7.08. The molecule has 1 amide bonds. The predicted octanol–water partition coefficient (Wildman–Crippen LogP) is 1.50. The Balaban J connectivity index is 2.69. The first-order chi connectivity index (χ1) is 9.63. The lowest BCUT2D eigenvalue weighted by Gasteiger charge is -2.21. The van der Waals surface area contributed by atoms with Gasteiger partial charge in [0.15, 0.2) is 5.69 Å². The molecule has 1 aromatic rings. The normalized spacial score (nSPS) is 10.8. The average molecular weight is 282 g/mol. The van der Waals surface area contributed by atoms with Gasteiger partial charge in [-0.3, -0.25) is 9.48 Å². The fourth-order valence-electron chi connectivity index (χ4n) is 2.08. The highest BCUT2D eigenvalue weighted by molar-refractivity contribution is 5.97. The van der Waals surface area contributed by atoms with Gasteiger partial charge in [0.1, 0.15) is 0 Å². The van der Waals surface area contributed by atoms with Crippen molar-refractivity contribution in [3.63, 3.8) is 0 Å². The molecule has 0 atom stereocenters. The lowest BCUT2D eigenvalue weighted by Crippen LogP contribution is -2.35. The number of nitrogen functional groups attached to an aromatic ring is 1. The second kappa shape index (κ2) is 8.58. The monoisotopic (exact) mass is 282 g/mol. The third-order valence-electron chi connectivity index (χ3n) is 3.26. The van der Waals surface area contributed by atoms with Gasteiger partial charge in [0.25, 0.3) is 5.91 Å². The van der Waals surface area contributed by atoms with E-state index in [9.17, 15) is 4.79 Å². The molecule has 0 saturated heterocycles. The molecule has 0 spiro atoms. The van der Waals surface area contributed by atoms with Crippen LogP contribution in [-0.2, 0) is 6.54 Å². The first-order valence-corrected chi connectivity index (χ1v) is 7.37. The smallest absolute Gasteiger partial charge is 0.276 e. The molecule has 0 radical (unpaired) electrons. The number of hydrogen-bond donors (Lipinski definition) is 2. The molecule has 1 rings (SSSR count). The van der Waals surface area contributed by atoms with Crippen LogP contribution in [-0.4, -0.2) is 45.4 Å². The van der Waals surface area contributed by atoms with Crippen LogP contribution in [0.3, 0.4) is 0 Å². The number of aliphatic hydroxyl groups is 1. The molecule has 114 valence electrons. The van der Waals surface area contributed by atoms with E-state index in [2.05, 4.69) is 12.0 Å². The van der Waals surface area contributed by atoms with Gasteiger partial charge >= 0.3 is 0 Å². The lowest BCUT2D eigenvalue weighted by atomic mass is 10.2. The summed E-state index contributed by atoms with van der Waals surface area (Å²) in [6, 6.07) is 0. The van der Waals surface area contributed by atoms with Crippen molar-refractivity contribution in [2.75, 3.05) is 25.4 Å². The van der Waals surface area contributed by atoms with Gasteiger partial charge in [0.2, 0.25) is 0 Å². The minimum atomic E-state index is -0.194. The largest absolute Gasteiger partial charge is 0.396 e. The van der Waals surface area contributed by atoms with E-state index in [-0.39, 0.29) is 18.2 Å². The van der Waals surface area contributed by atoms with E-state index in [1.54, 1.807) is 15.8 Å². The van der Waals surface area contributed by atoms with Crippen molar-refractivity contribution in [3.8, 4) is 0 Å². The fraction of sp³-hybridized carbons (Fsp3) is 0.714. The third kappa shape index (κ3) is 4.52. The topological polar surface area (TPSA) is 84.4 Å². The maximum absolute atomic E-state index is 12.4. The van der Waals surface area contributed by atoms with Crippen molar-refractivity contribution in [2.45, 2.75) is 46.1 Å². The van der Waals surface area contributed by atoms with E-state index < -0.39 is 0 Å². The fourth-order valence-corrected chi connectivity index (χ4v) is 2.08. The summed E-state index contributed by atoms with van der Waals surface area (Å²) < 4.78 is 1.65. The Morgan fingerprint density at radius 1 is 1.35 bits per heavy atom. The highest BCUT2D eigenvalue weighted by Gasteiger charge is 2.20. The van der Waals surface area contributed by atoms with E-state index in [0.717, 1.165) is 25.7 Å². The number of aryl methyl sites for hydroxylation is 1. The lowest BCUT2D eigenvalue weighted by molar-refractivity contribution is 0.0712. The molecule has 0 aromatic carbocycles. The molecular formula is C14H26N4O2. The van der Waals surface area contributed by atoms with E-state index in [0.29, 0.717) is 25.3 Å². The van der Waals surface area contributed by atoms with Crippen molar-refractivity contribution in [1.29, 1.82) is 0 Å². The predicted molar refractivity (Wildman–Crippen MR) is 79.4 cm³/mol. The molecule has 0 aliphatic heterocycles. The molecule has 0 saturated carbocycles. The highest BCUT2D eigenvalue weighted by Crippen LogP contribution is 2.13. The van der Waals surface area contributed by atoms with E-state index in [1.165, 1.54) is 0 Å². The van der Waals surface area contributed by atoms with Gasteiger partial charge in [0.05, 0.1) is 12.3 Å². The van der Waals surface area contributed by atoms with Crippen molar-refractivity contribution in [1.82, 2.24) is 14.7 Å². The Morgan fingerprint density at radius 2 is 2.10 bits per heavy atom. The Morgan fingerprint density at radius 3 is 2.65 bits per heavy atom. The number of aromatic nitrogens is 2. The second-order valence-electron chi connectivity index (χ2n) is 4.87. The van der Waals surface area contributed by atoms with Gasteiger partial charge in [-0.05, 0) is 13.3 Å². The summed E-state index contributed by atoms with van der Waals surface area (Å²) in [5, 5.41) is 13.3. The molecule has 0 aliphatic carbocycles. The minimum absolute atomic E-state index is 0.0477. The SMILES string of the molecule is CCCCCCN(CCO)C(=O)c1nn(CC)cc1N. The van der Waals surface area contributed by atoms with E-state index >= 15 is 0 Å². The van der Waals surface area contributed by atoms with Crippen LogP contribution in [0.2, 0.25) is 0 Å². The van der Waals surface area contributed by atoms with Crippen molar-refractivity contribution in [2.24, 2.45) is 0 Å². The van der Waals surface area contributed by atoms with Gasteiger partial charge in [-0.25, -0.2) is 0 Å². The van der Waals surface area contributed by atoms with Crippen LogP contribution >= 0.6 is 0 Å². The number of nitrogens with zero attached hydrogens (tertiary/aromatic N) is 3. The minimum Gasteiger partial charge on any atom is -0.396 e. The van der Waals surface area contributed by atoms with Gasteiger partial charge in [0, 0.05) is 25.8 Å². The Bertz CT molecular complexity index is 417. The summed E-state index contributed by atoms with van der Waals surface area (Å²) in [5.41, 5.74) is 6.52. The molecule has 6 nitrogen and oxygen atoms in total. The molecule has 1 aromatic heterocycles. The molecule has 0 bridgehead atoms. The molecule has 6 heteroatoms. The molecule has 0 aliphatic rings. The van der Waals surface area contributed by atoms with Crippen LogP contribution in [0.5, 0.6) is 0 Å². The highest BCUT2D eigenvalue weighted by atomic mass is 16.3. The number of unbranched alkanes of at least 4 members (excludes halogenated alkanes) is 3. The number of amides is 1. The zero-order valence-electron chi connectivity index (χ0n) is 12.5. The zero-order valence-corrected chi connectivity index (χ0v) is 12.5. The van der Waals surface area contributed by atoms with E-state index in [4.69, 9.17) is 10.8 Å². The number of nitrogens with two attached hydrogens (primary N) is 1. The van der Waals surface area contributed by atoms with Crippen molar-refractivity contribution < 1.29 is 9.90 Å². The first kappa shape index (κ1) is 16.5. The van der Waals surface area contributed by atoms with Gasteiger partial charge in [-0.2, -0.15) is 5.10 Å². The second-order valence-corrected chi connectivity index (χ2v) is 4.87. The number of carbonyl (C=O) groups excluding carboxylic acids is 1. The number of rotatable bonds is 9. The van der Waals surface area contributed by atoms with Crippen LogP contribution in [0.1, 0.15) is 50.0 Å². The maximum Gasteiger partial charge on any atom is 0.276 e. The summed E-state index contributed by atoms with van der Waals surface area (Å²) in [4.78, 5) is 14.0. The number of hydrogen-bond acceptors (Lipinski definition) is 4. The van der Waals surface area contributed by atoms with Crippen LogP contribution in [0.4, 0.5) is 5.69 Å². The Hall–Kier alpha value is -1.56. The number of anilines is 1. The summed E-state index contributed by atoms with van der Waals surface area (Å²) in [6.45, 7) is 5.68. The van der Waals surface area contributed by atoms with Gasteiger partial charge < -0.3 is 15.7 Å². The third-order valence-corrected chi connectivity index (χ3v) is 3.26. The van der Waals surface area contributed by atoms with Crippen LogP contribution in [0.25, 0.3) is 0 Å². The molecular weight excluding hydrogens is 256 g/mol. The van der Waals surface area contributed by atoms with Gasteiger partial charge in [-0.1, -0.05) is 26.2 Å².